The van der Waals surface area contributed by atoms with E-state index >= 15 is 0 Å². The minimum absolute atomic E-state index is 0.434. The smallest absolute Gasteiger partial charge is 0.224 e. The zero-order valence-electron chi connectivity index (χ0n) is 11.3. The Morgan fingerprint density at radius 3 is 2.71 bits per heavy atom. The summed E-state index contributed by atoms with van der Waals surface area (Å²) in [5.74, 6) is 2.29. The second kappa shape index (κ2) is 7.09. The van der Waals surface area contributed by atoms with E-state index in [1.807, 2.05) is 6.07 Å². The van der Waals surface area contributed by atoms with E-state index < -0.39 is 0 Å². The van der Waals surface area contributed by atoms with Crippen LogP contribution >= 0.6 is 0 Å². The summed E-state index contributed by atoms with van der Waals surface area (Å²) in [7, 11) is 0. The largest absolute Gasteiger partial charge is 0.367 e. The Bertz CT molecular complexity index is 325. The molecule has 2 N–H and O–H groups in total. The maximum Gasteiger partial charge on any atom is 0.224 e. The molecule has 4 nitrogen and oxygen atoms in total. The zero-order valence-corrected chi connectivity index (χ0v) is 11.3. The number of hydrogen-bond donors (Lipinski definition) is 2. The van der Waals surface area contributed by atoms with Crippen molar-refractivity contribution < 1.29 is 0 Å². The summed E-state index contributed by atoms with van der Waals surface area (Å²) in [6.45, 7) is 9.67. The first kappa shape index (κ1) is 13.7. The summed E-state index contributed by atoms with van der Waals surface area (Å²) in [6, 6.07) is 2.34. The van der Waals surface area contributed by atoms with E-state index in [-0.39, 0.29) is 0 Å². The molecule has 0 radical (unpaired) electrons. The van der Waals surface area contributed by atoms with Gasteiger partial charge in [-0.2, -0.15) is 4.98 Å². The third-order valence-electron chi connectivity index (χ3n) is 2.41. The van der Waals surface area contributed by atoms with Crippen LogP contribution in [0.25, 0.3) is 0 Å². The van der Waals surface area contributed by atoms with Gasteiger partial charge in [0, 0.05) is 18.8 Å². The van der Waals surface area contributed by atoms with Gasteiger partial charge in [-0.1, -0.05) is 20.8 Å². The van der Waals surface area contributed by atoms with Gasteiger partial charge in [-0.25, -0.2) is 4.98 Å². The topological polar surface area (TPSA) is 49.8 Å². The molecule has 1 aromatic heterocycles. The van der Waals surface area contributed by atoms with E-state index in [0.29, 0.717) is 17.9 Å². The lowest BCUT2D eigenvalue weighted by atomic mass is 10.1. The van der Waals surface area contributed by atoms with Crippen LogP contribution in [0, 0.1) is 5.92 Å². The van der Waals surface area contributed by atoms with E-state index in [2.05, 4.69) is 48.3 Å². The predicted molar refractivity (Wildman–Crippen MR) is 73.4 cm³/mol. The van der Waals surface area contributed by atoms with Crippen molar-refractivity contribution in [3.8, 4) is 0 Å². The van der Waals surface area contributed by atoms with Crippen LogP contribution in [0.2, 0.25) is 0 Å². The number of nitrogens with one attached hydrogen (secondary N) is 2. The average Bonchev–Trinajstić information content (AvgIpc) is 2.25. The molecule has 0 aliphatic rings. The fourth-order valence-corrected chi connectivity index (χ4v) is 1.78. The second-order valence-electron chi connectivity index (χ2n) is 4.87. The summed E-state index contributed by atoms with van der Waals surface area (Å²) in [6.07, 6.45) is 4.00. The molecule has 1 atom stereocenters. The number of anilines is 2. The first-order valence-corrected chi connectivity index (χ1v) is 6.45. The second-order valence-corrected chi connectivity index (χ2v) is 4.87. The molecule has 0 saturated heterocycles. The molecule has 1 unspecified atom stereocenters. The summed E-state index contributed by atoms with van der Waals surface area (Å²) in [5, 5.41) is 6.59. The fourth-order valence-electron chi connectivity index (χ4n) is 1.78. The van der Waals surface area contributed by atoms with Crippen LogP contribution in [0.4, 0.5) is 11.8 Å². The van der Waals surface area contributed by atoms with E-state index in [0.717, 1.165) is 25.2 Å². The van der Waals surface area contributed by atoms with E-state index in [9.17, 15) is 0 Å². The van der Waals surface area contributed by atoms with Crippen molar-refractivity contribution in [1.29, 1.82) is 0 Å². The SMILES string of the molecule is CCCNc1nccc(NC(C)CC(C)C)n1. The van der Waals surface area contributed by atoms with Crippen LogP contribution in [-0.2, 0) is 0 Å². The molecule has 1 heterocycles. The van der Waals surface area contributed by atoms with Gasteiger partial charge in [0.05, 0.1) is 0 Å². The van der Waals surface area contributed by atoms with Crippen LogP contribution < -0.4 is 10.6 Å². The molecule has 0 spiro atoms. The Balaban J connectivity index is 2.52. The van der Waals surface area contributed by atoms with Crippen molar-refractivity contribution in [1.82, 2.24) is 9.97 Å². The average molecular weight is 236 g/mol. The molecule has 0 bridgehead atoms. The van der Waals surface area contributed by atoms with Crippen LogP contribution in [0.3, 0.4) is 0 Å². The molecule has 4 heteroatoms. The standard InChI is InChI=1S/C13H24N4/c1-5-7-14-13-15-8-6-12(17-13)16-11(4)9-10(2)3/h6,8,10-11H,5,7,9H2,1-4H3,(H2,14,15,16,17). The number of nitrogens with zero attached hydrogens (tertiary/aromatic N) is 2. The lowest BCUT2D eigenvalue weighted by Crippen LogP contribution is -2.18. The molecule has 17 heavy (non-hydrogen) atoms. The summed E-state index contributed by atoms with van der Waals surface area (Å²) >= 11 is 0. The Morgan fingerprint density at radius 2 is 2.06 bits per heavy atom. The minimum Gasteiger partial charge on any atom is -0.367 e. The molecule has 0 fully saturated rings. The quantitative estimate of drug-likeness (QED) is 0.763. The Hall–Kier alpha value is -1.32. The van der Waals surface area contributed by atoms with E-state index in [4.69, 9.17) is 0 Å². The lowest BCUT2D eigenvalue weighted by Gasteiger charge is -2.16. The molecule has 0 aliphatic carbocycles. The highest BCUT2D eigenvalue weighted by Gasteiger charge is 2.06. The monoisotopic (exact) mass is 236 g/mol. The first-order valence-electron chi connectivity index (χ1n) is 6.45. The molecule has 0 aliphatic heterocycles. The number of hydrogen-bond acceptors (Lipinski definition) is 4. The van der Waals surface area contributed by atoms with E-state index in [1.54, 1.807) is 6.20 Å². The molecular weight excluding hydrogens is 212 g/mol. The van der Waals surface area contributed by atoms with Crippen LogP contribution in [0.5, 0.6) is 0 Å². The van der Waals surface area contributed by atoms with Gasteiger partial charge in [0.1, 0.15) is 5.82 Å². The Morgan fingerprint density at radius 1 is 1.29 bits per heavy atom. The maximum absolute atomic E-state index is 4.42. The summed E-state index contributed by atoms with van der Waals surface area (Å²) < 4.78 is 0. The first-order chi connectivity index (χ1) is 8.11. The van der Waals surface area contributed by atoms with Crippen molar-refractivity contribution in [2.75, 3.05) is 17.2 Å². The van der Waals surface area contributed by atoms with Gasteiger partial charge in [0.25, 0.3) is 0 Å². The zero-order chi connectivity index (χ0) is 12.7. The van der Waals surface area contributed by atoms with Crippen LogP contribution in [-0.4, -0.2) is 22.6 Å². The molecule has 96 valence electrons. The predicted octanol–water partition coefficient (Wildman–Crippen LogP) is 3.15. The van der Waals surface area contributed by atoms with E-state index in [1.165, 1.54) is 0 Å². The molecule has 1 rings (SSSR count). The lowest BCUT2D eigenvalue weighted by molar-refractivity contribution is 0.539. The van der Waals surface area contributed by atoms with Gasteiger partial charge in [0.2, 0.25) is 5.95 Å². The van der Waals surface area contributed by atoms with Gasteiger partial charge in [-0.05, 0) is 31.7 Å². The van der Waals surface area contributed by atoms with Crippen LogP contribution in [0.1, 0.15) is 40.5 Å². The highest BCUT2D eigenvalue weighted by atomic mass is 15.1. The molecule has 0 aromatic carbocycles. The van der Waals surface area contributed by atoms with Crippen LogP contribution in [0.15, 0.2) is 12.3 Å². The fraction of sp³-hybridized carbons (Fsp3) is 0.692. The van der Waals surface area contributed by atoms with Crippen molar-refractivity contribution in [3.63, 3.8) is 0 Å². The Kier molecular flexibility index (Phi) is 5.73. The number of aromatic nitrogens is 2. The maximum atomic E-state index is 4.42. The van der Waals surface area contributed by atoms with Gasteiger partial charge in [0.15, 0.2) is 0 Å². The highest BCUT2D eigenvalue weighted by molar-refractivity contribution is 5.40. The molecule has 1 aromatic rings. The number of rotatable bonds is 7. The summed E-state index contributed by atoms with van der Waals surface area (Å²) in [5.41, 5.74) is 0. The van der Waals surface area contributed by atoms with Crippen molar-refractivity contribution >= 4 is 11.8 Å². The summed E-state index contributed by atoms with van der Waals surface area (Å²) in [4.78, 5) is 8.61. The third-order valence-corrected chi connectivity index (χ3v) is 2.41. The van der Waals surface area contributed by atoms with Gasteiger partial charge < -0.3 is 10.6 Å². The normalized spacial score (nSPS) is 12.5. The van der Waals surface area contributed by atoms with Crippen molar-refractivity contribution in [3.05, 3.63) is 12.3 Å². The minimum atomic E-state index is 0.434. The van der Waals surface area contributed by atoms with Crippen molar-refractivity contribution in [2.24, 2.45) is 5.92 Å². The van der Waals surface area contributed by atoms with Crippen molar-refractivity contribution in [2.45, 2.75) is 46.6 Å². The Labute approximate surface area is 104 Å². The highest BCUT2D eigenvalue weighted by Crippen LogP contribution is 2.11. The van der Waals surface area contributed by atoms with Gasteiger partial charge >= 0.3 is 0 Å². The molecule has 0 amide bonds. The third kappa shape index (κ3) is 5.52. The van der Waals surface area contributed by atoms with Gasteiger partial charge in [-0.15, -0.1) is 0 Å². The molecular formula is C13H24N4. The van der Waals surface area contributed by atoms with Gasteiger partial charge in [-0.3, -0.25) is 0 Å². The molecule has 0 saturated carbocycles.